The number of hydrogen-bond donors (Lipinski definition) is 0. The Morgan fingerprint density at radius 3 is 0.679 bits per heavy atom. The largest absolute Gasteiger partial charge is 0.309 e. The lowest BCUT2D eigenvalue weighted by Crippen LogP contribution is -2.11. The summed E-state index contributed by atoms with van der Waals surface area (Å²) in [5.74, 6) is 0. The Hall–Kier alpha value is -17.4. The van der Waals surface area contributed by atoms with Gasteiger partial charge in [0.2, 0.25) is 0 Å². The standard InChI is InChI=1S/2C65H44N2/c1-43-36-41-56-59(42-43)62(51-27-9-8-24-48(51)44-20-4-2-5-21-44)52-28-10-11-29-53(52)63(56)64-54-30-12-14-32-57(54)65(58-33-15-13-31-55(58)64)66(45-22-6-3-7-23-45)46-37-39-47(40-38-46)67-60-34-18-16-25-49(60)50-26-17-19-35-61(50)67;1-43-36-41-56-59(42-43)64(53-29-11-10-28-52(53)62(56)51-27-9-8-24-48(51)44-20-4-2-5-21-44)63-54-30-12-14-32-57(54)65(58-33-15-13-31-55(58)63)66(45-22-6-3-7-23-45)46-37-39-47(40-38-46)67-60-34-18-16-25-49(60)50-26-17-19-35-61(50)67/h2*2-42H,1H3. The van der Waals surface area contributed by atoms with Crippen LogP contribution in [0.25, 0.3) is 208 Å². The van der Waals surface area contributed by atoms with Crippen LogP contribution in [0.5, 0.6) is 0 Å². The van der Waals surface area contributed by atoms with Crippen molar-refractivity contribution in [1.29, 1.82) is 0 Å². The maximum Gasteiger partial charge on any atom is 0.0618 e. The van der Waals surface area contributed by atoms with Gasteiger partial charge >= 0.3 is 0 Å². The van der Waals surface area contributed by atoms with Gasteiger partial charge in [0.05, 0.1) is 33.4 Å². The molecule has 2 heterocycles. The van der Waals surface area contributed by atoms with Crippen molar-refractivity contribution in [1.82, 2.24) is 9.13 Å². The zero-order chi connectivity index (χ0) is 88.9. The molecule has 0 aliphatic heterocycles. The van der Waals surface area contributed by atoms with Crippen molar-refractivity contribution >= 4 is 164 Å². The van der Waals surface area contributed by atoms with E-state index >= 15 is 0 Å². The molecule has 0 bridgehead atoms. The second-order valence-corrected chi connectivity index (χ2v) is 35.3. The van der Waals surface area contributed by atoms with E-state index < -0.39 is 0 Å². The van der Waals surface area contributed by atoms with Crippen LogP contribution in [-0.2, 0) is 0 Å². The highest BCUT2D eigenvalue weighted by atomic mass is 15.2. The van der Waals surface area contributed by atoms with E-state index in [1.165, 1.54) is 208 Å². The molecule has 2 aromatic heterocycles. The minimum absolute atomic E-state index is 1.09. The van der Waals surface area contributed by atoms with Crippen LogP contribution in [-0.4, -0.2) is 9.13 Å². The molecule has 0 unspecified atom stereocenters. The van der Waals surface area contributed by atoms with Gasteiger partial charge in [0.1, 0.15) is 0 Å². The summed E-state index contributed by atoms with van der Waals surface area (Å²) in [6.07, 6.45) is 0. The van der Waals surface area contributed by atoms with E-state index in [0.717, 1.165) is 45.5 Å². The number of nitrogens with zero attached hydrogens (tertiary/aromatic N) is 4. The topological polar surface area (TPSA) is 16.3 Å². The lowest BCUT2D eigenvalue weighted by molar-refractivity contribution is 1.17. The maximum atomic E-state index is 2.47. The second kappa shape index (κ2) is 32.9. The first-order valence-electron chi connectivity index (χ1n) is 46.4. The first-order chi connectivity index (χ1) is 66.4. The number of hydrogen-bond acceptors (Lipinski definition) is 2. The number of aryl methyl sites for hydroxylation is 2. The fourth-order valence-electron chi connectivity index (χ4n) is 21.9. The molecule has 0 aliphatic carbocycles. The number of para-hydroxylation sites is 6. The third-order valence-corrected chi connectivity index (χ3v) is 27.6. The lowest BCUT2D eigenvalue weighted by atomic mass is 9.81. The predicted molar refractivity (Wildman–Crippen MR) is 573 cm³/mol. The van der Waals surface area contributed by atoms with Gasteiger partial charge in [-0.15, -0.1) is 0 Å². The van der Waals surface area contributed by atoms with Crippen molar-refractivity contribution in [3.05, 3.63) is 509 Å². The van der Waals surface area contributed by atoms with E-state index in [9.17, 15) is 0 Å². The lowest BCUT2D eigenvalue weighted by Gasteiger charge is -2.30. The minimum atomic E-state index is 1.09. The molecule has 4 nitrogen and oxygen atoms in total. The highest BCUT2D eigenvalue weighted by Gasteiger charge is 2.30. The summed E-state index contributed by atoms with van der Waals surface area (Å²) in [6, 6.07) is 183. The normalized spacial score (nSPS) is 11.7. The van der Waals surface area contributed by atoms with Gasteiger partial charge in [0.25, 0.3) is 0 Å². The van der Waals surface area contributed by atoms with Gasteiger partial charge in [0.15, 0.2) is 0 Å². The van der Waals surface area contributed by atoms with E-state index in [2.05, 4.69) is 530 Å². The SMILES string of the molecule is Cc1ccc2c(-c3c4ccccc4c(N(c4ccccc4)c4ccc(-n5c6ccccc6c6ccccc65)cc4)c4ccccc34)c3ccccc3c(-c3ccccc3-c3ccccc3)c2c1.Cc1ccc2c(-c3ccccc3-c3ccccc3)c3ccccc3c(-c3c4ccccc4c(N(c4ccccc4)c4ccc(-n5c6ccccc6c6ccccc65)cc4)c4ccccc34)c2c1. The average molecular weight is 1710 g/mol. The summed E-state index contributed by atoms with van der Waals surface area (Å²) in [6.45, 7) is 4.44. The van der Waals surface area contributed by atoms with Crippen LogP contribution in [0.3, 0.4) is 0 Å². The van der Waals surface area contributed by atoms with Crippen molar-refractivity contribution in [2.45, 2.75) is 13.8 Å². The van der Waals surface area contributed by atoms with Crippen molar-refractivity contribution < 1.29 is 0 Å². The maximum absolute atomic E-state index is 2.47. The van der Waals surface area contributed by atoms with Gasteiger partial charge in [-0.1, -0.05) is 412 Å². The van der Waals surface area contributed by atoms with Crippen LogP contribution < -0.4 is 9.80 Å². The van der Waals surface area contributed by atoms with E-state index in [4.69, 9.17) is 0 Å². The molecule has 0 saturated carbocycles. The molecule has 0 spiro atoms. The number of aromatic nitrogens is 2. The Balaban J connectivity index is 0.000000143. The van der Waals surface area contributed by atoms with Gasteiger partial charge in [0, 0.05) is 77.2 Å². The Bertz CT molecular complexity index is 8910. The summed E-state index contributed by atoms with van der Waals surface area (Å²) in [5, 5.41) is 24.6. The Labute approximate surface area is 777 Å². The summed E-state index contributed by atoms with van der Waals surface area (Å²) < 4.78 is 4.78. The third-order valence-electron chi connectivity index (χ3n) is 27.6. The first-order valence-corrected chi connectivity index (χ1v) is 46.4. The first kappa shape index (κ1) is 78.8. The summed E-state index contributed by atoms with van der Waals surface area (Å²) in [7, 11) is 0. The summed E-state index contributed by atoms with van der Waals surface area (Å²) >= 11 is 0. The van der Waals surface area contributed by atoms with Crippen molar-refractivity contribution in [2.75, 3.05) is 9.80 Å². The summed E-state index contributed by atoms with van der Waals surface area (Å²) in [5.41, 5.74) is 31.1. The highest BCUT2D eigenvalue weighted by molar-refractivity contribution is 6.33. The van der Waals surface area contributed by atoms with Gasteiger partial charge < -0.3 is 18.9 Å². The molecule has 0 aliphatic rings. The van der Waals surface area contributed by atoms with Crippen LogP contribution in [0.2, 0.25) is 0 Å². The Morgan fingerprint density at radius 2 is 0.358 bits per heavy atom. The molecule has 26 rings (SSSR count). The zero-order valence-corrected chi connectivity index (χ0v) is 74.1. The molecular weight excluding hydrogens is 1620 g/mol. The quantitative estimate of drug-likeness (QED) is 0.101. The van der Waals surface area contributed by atoms with E-state index in [1.807, 2.05) is 0 Å². The summed E-state index contributed by atoms with van der Waals surface area (Å²) in [4.78, 5) is 4.93. The molecule has 0 amide bonds. The molecule has 0 N–H and O–H groups in total. The molecule has 26 aromatic rings. The molecule has 24 aromatic carbocycles. The predicted octanol–water partition coefficient (Wildman–Crippen LogP) is 36.4. The Kier molecular flexibility index (Phi) is 19.4. The van der Waals surface area contributed by atoms with E-state index in [0.29, 0.717) is 0 Å². The van der Waals surface area contributed by atoms with Crippen LogP contribution in [0, 0.1) is 13.8 Å². The minimum Gasteiger partial charge on any atom is -0.309 e. The molecule has 0 saturated heterocycles. The van der Waals surface area contributed by atoms with Gasteiger partial charge in [-0.2, -0.15) is 0 Å². The zero-order valence-electron chi connectivity index (χ0n) is 74.1. The number of fused-ring (bicyclic) bond motifs is 14. The van der Waals surface area contributed by atoms with E-state index in [-0.39, 0.29) is 0 Å². The number of benzene rings is 24. The molecule has 0 atom stereocenters. The highest BCUT2D eigenvalue weighted by Crippen LogP contribution is 2.57. The molecule has 4 heteroatoms. The average Bonchev–Trinajstić information content (AvgIpc) is 0.989. The monoisotopic (exact) mass is 1700 g/mol. The number of anilines is 6. The second-order valence-electron chi connectivity index (χ2n) is 35.3. The fourth-order valence-corrected chi connectivity index (χ4v) is 21.9. The fraction of sp³-hybridized carbons (Fsp3) is 0.0154. The van der Waals surface area contributed by atoms with E-state index in [1.54, 1.807) is 0 Å². The number of rotatable bonds is 14. The van der Waals surface area contributed by atoms with Crippen LogP contribution in [0.1, 0.15) is 11.1 Å². The molecule has 0 fully saturated rings. The van der Waals surface area contributed by atoms with Crippen molar-refractivity contribution in [3.63, 3.8) is 0 Å². The van der Waals surface area contributed by atoms with Gasteiger partial charge in [-0.05, 0) is 242 Å². The van der Waals surface area contributed by atoms with Crippen LogP contribution in [0.4, 0.5) is 34.1 Å². The molecule has 628 valence electrons. The molecular formula is C130H88N4. The van der Waals surface area contributed by atoms with Gasteiger partial charge in [-0.3, -0.25) is 0 Å². The third kappa shape index (κ3) is 13.0. The molecule has 134 heavy (non-hydrogen) atoms. The van der Waals surface area contributed by atoms with Crippen LogP contribution in [0.15, 0.2) is 497 Å². The van der Waals surface area contributed by atoms with Crippen molar-refractivity contribution in [3.8, 4) is 78.1 Å². The molecule has 0 radical (unpaired) electrons. The smallest absolute Gasteiger partial charge is 0.0618 e. The van der Waals surface area contributed by atoms with Gasteiger partial charge in [-0.25, -0.2) is 0 Å². The van der Waals surface area contributed by atoms with Crippen molar-refractivity contribution in [2.24, 2.45) is 0 Å². The Morgan fingerprint density at radius 1 is 0.149 bits per heavy atom. The van der Waals surface area contributed by atoms with Crippen LogP contribution >= 0.6 is 0 Å².